The number of hydrogen-bond acceptors (Lipinski definition) is 3. The summed E-state index contributed by atoms with van der Waals surface area (Å²) in [5.41, 5.74) is 2.24. The second-order valence-corrected chi connectivity index (χ2v) is 7.73. The maximum absolute atomic E-state index is 13.2. The Morgan fingerprint density at radius 2 is 1.86 bits per heavy atom. The molecule has 28 heavy (non-hydrogen) atoms. The predicted octanol–water partition coefficient (Wildman–Crippen LogP) is 2.57. The van der Waals surface area contributed by atoms with E-state index in [2.05, 4.69) is 13.8 Å². The lowest BCUT2D eigenvalue weighted by molar-refractivity contribution is -0.137. The zero-order chi connectivity index (χ0) is 20.6. The third kappa shape index (κ3) is 3.46. The minimum absolute atomic E-state index is 0.113. The van der Waals surface area contributed by atoms with Crippen LogP contribution in [0.1, 0.15) is 48.2 Å². The van der Waals surface area contributed by atoms with Gasteiger partial charge in [0.25, 0.3) is 11.5 Å². The summed E-state index contributed by atoms with van der Waals surface area (Å²) in [6.07, 6.45) is 1.70. The predicted molar refractivity (Wildman–Crippen MR) is 109 cm³/mol. The fraction of sp³-hybridized carbons (Fsp3) is 0.409. The maximum atomic E-state index is 13.2. The van der Waals surface area contributed by atoms with Gasteiger partial charge in [0.1, 0.15) is 11.6 Å². The van der Waals surface area contributed by atoms with E-state index in [1.54, 1.807) is 38.1 Å². The van der Waals surface area contributed by atoms with Crippen molar-refractivity contribution in [3.05, 3.63) is 63.6 Å². The highest BCUT2D eigenvalue weighted by Gasteiger charge is 2.34. The summed E-state index contributed by atoms with van der Waals surface area (Å²) in [6.45, 7) is 8.53. The highest BCUT2D eigenvalue weighted by Crippen LogP contribution is 2.19. The Balaban J connectivity index is 2.05. The molecule has 0 N–H and O–H groups in total. The summed E-state index contributed by atoms with van der Waals surface area (Å²) in [7, 11) is 1.73. The van der Waals surface area contributed by atoms with Crippen molar-refractivity contribution in [2.24, 2.45) is 0 Å². The molecular weight excluding hydrogens is 354 g/mol. The first-order valence-electron chi connectivity index (χ1n) is 9.61. The second kappa shape index (κ2) is 7.62. The monoisotopic (exact) mass is 381 g/mol. The van der Waals surface area contributed by atoms with E-state index in [9.17, 15) is 14.4 Å². The smallest absolute Gasteiger partial charge is 0.268 e. The maximum Gasteiger partial charge on any atom is 0.268 e. The Bertz CT molecular complexity index is 977. The van der Waals surface area contributed by atoms with Crippen LogP contribution in [0.15, 0.2) is 41.3 Å². The van der Waals surface area contributed by atoms with Crippen LogP contribution in [0.2, 0.25) is 0 Å². The fourth-order valence-electron chi connectivity index (χ4n) is 3.56. The van der Waals surface area contributed by atoms with Crippen LogP contribution in [-0.2, 0) is 4.79 Å². The van der Waals surface area contributed by atoms with Crippen LogP contribution in [0.25, 0.3) is 5.69 Å². The standard InChI is InChI=1S/C22H27N3O3/c1-14(2)17-7-6-8-18(13-17)25-10-9-15(3)19(22(25)28)21(27)24-12-11-23(5)20(26)16(24)4/h6-10,13-14,16H,11-12H2,1-5H3. The number of hydrogen-bond donors (Lipinski definition) is 0. The Kier molecular flexibility index (Phi) is 5.40. The number of amides is 2. The average molecular weight is 381 g/mol. The van der Waals surface area contributed by atoms with Gasteiger partial charge >= 0.3 is 0 Å². The first-order valence-corrected chi connectivity index (χ1v) is 9.61. The normalized spacial score (nSPS) is 17.4. The zero-order valence-corrected chi connectivity index (χ0v) is 17.1. The summed E-state index contributed by atoms with van der Waals surface area (Å²) in [4.78, 5) is 41.8. The lowest BCUT2D eigenvalue weighted by Gasteiger charge is -2.37. The topological polar surface area (TPSA) is 62.6 Å². The molecule has 2 heterocycles. The minimum Gasteiger partial charge on any atom is -0.342 e. The van der Waals surface area contributed by atoms with Crippen molar-refractivity contribution in [3.63, 3.8) is 0 Å². The number of piperazine rings is 1. The molecule has 0 saturated carbocycles. The Morgan fingerprint density at radius 3 is 2.54 bits per heavy atom. The SMILES string of the molecule is Cc1ccn(-c2cccc(C(C)C)c2)c(=O)c1C(=O)N1CCN(C)C(=O)C1C. The van der Waals surface area contributed by atoms with Crippen molar-refractivity contribution >= 4 is 11.8 Å². The Labute approximate surface area is 165 Å². The molecule has 1 aromatic heterocycles. The molecule has 1 aliphatic rings. The number of aryl methyl sites for hydroxylation is 1. The number of carbonyl (C=O) groups excluding carboxylic acids is 2. The van der Waals surface area contributed by atoms with Gasteiger partial charge in [0.2, 0.25) is 5.91 Å². The van der Waals surface area contributed by atoms with Crippen molar-refractivity contribution < 1.29 is 9.59 Å². The van der Waals surface area contributed by atoms with Crippen LogP contribution >= 0.6 is 0 Å². The summed E-state index contributed by atoms with van der Waals surface area (Å²) >= 11 is 0. The zero-order valence-electron chi connectivity index (χ0n) is 17.1. The van der Waals surface area contributed by atoms with Crippen LogP contribution in [0.3, 0.4) is 0 Å². The van der Waals surface area contributed by atoms with Crippen LogP contribution in [-0.4, -0.2) is 52.4 Å². The number of nitrogens with zero attached hydrogens (tertiary/aromatic N) is 3. The first-order chi connectivity index (χ1) is 13.2. The molecule has 1 aliphatic heterocycles. The fourth-order valence-corrected chi connectivity index (χ4v) is 3.56. The average Bonchev–Trinajstić information content (AvgIpc) is 2.66. The lowest BCUT2D eigenvalue weighted by atomic mass is 10.0. The molecular formula is C22H27N3O3. The molecule has 1 saturated heterocycles. The molecule has 0 aliphatic carbocycles. The Hall–Kier alpha value is -2.89. The van der Waals surface area contributed by atoms with E-state index >= 15 is 0 Å². The van der Waals surface area contributed by atoms with Crippen LogP contribution in [0, 0.1) is 6.92 Å². The second-order valence-electron chi connectivity index (χ2n) is 7.73. The lowest BCUT2D eigenvalue weighted by Crippen LogP contribution is -2.57. The first kappa shape index (κ1) is 19.9. The van der Waals surface area contributed by atoms with Gasteiger partial charge in [0.15, 0.2) is 0 Å². The number of rotatable bonds is 3. The molecule has 0 spiro atoms. The molecule has 1 unspecified atom stereocenters. The molecule has 1 atom stereocenters. The molecule has 0 bridgehead atoms. The van der Waals surface area contributed by atoms with Gasteiger partial charge in [-0.25, -0.2) is 0 Å². The molecule has 6 heteroatoms. The van der Waals surface area contributed by atoms with E-state index in [-0.39, 0.29) is 22.9 Å². The molecule has 2 amide bonds. The van der Waals surface area contributed by atoms with Gasteiger partial charge in [-0.1, -0.05) is 26.0 Å². The number of benzene rings is 1. The molecule has 1 fully saturated rings. The summed E-state index contributed by atoms with van der Waals surface area (Å²) in [5, 5.41) is 0. The van der Waals surface area contributed by atoms with E-state index in [1.165, 1.54) is 9.47 Å². The number of pyridine rings is 1. The van der Waals surface area contributed by atoms with E-state index < -0.39 is 6.04 Å². The van der Waals surface area contributed by atoms with Crippen LogP contribution in [0.4, 0.5) is 0 Å². The largest absolute Gasteiger partial charge is 0.342 e. The summed E-state index contributed by atoms with van der Waals surface area (Å²) in [6, 6.07) is 8.97. The summed E-state index contributed by atoms with van der Waals surface area (Å²) in [5.74, 6) is -0.164. The van der Waals surface area contributed by atoms with Crippen molar-refractivity contribution in [2.45, 2.75) is 39.7 Å². The number of likely N-dealkylation sites (N-methyl/N-ethyl adjacent to an activating group) is 1. The van der Waals surface area contributed by atoms with Gasteiger partial charge in [-0.05, 0) is 49.1 Å². The van der Waals surface area contributed by atoms with Gasteiger partial charge in [0.05, 0.1) is 0 Å². The van der Waals surface area contributed by atoms with Crippen LogP contribution < -0.4 is 5.56 Å². The molecule has 0 radical (unpaired) electrons. The molecule has 6 nitrogen and oxygen atoms in total. The van der Waals surface area contributed by atoms with Crippen LogP contribution in [0.5, 0.6) is 0 Å². The van der Waals surface area contributed by atoms with Gasteiger partial charge in [-0.3, -0.25) is 19.0 Å². The van der Waals surface area contributed by atoms with Gasteiger partial charge in [0, 0.05) is 32.0 Å². The van der Waals surface area contributed by atoms with Gasteiger partial charge < -0.3 is 9.80 Å². The summed E-state index contributed by atoms with van der Waals surface area (Å²) < 4.78 is 1.51. The quantitative estimate of drug-likeness (QED) is 0.821. The molecule has 2 aromatic rings. The van der Waals surface area contributed by atoms with Crippen molar-refractivity contribution in [3.8, 4) is 5.69 Å². The Morgan fingerprint density at radius 1 is 1.14 bits per heavy atom. The third-order valence-corrected chi connectivity index (χ3v) is 5.47. The minimum atomic E-state index is -0.581. The highest BCUT2D eigenvalue weighted by atomic mass is 16.2. The molecule has 148 valence electrons. The van der Waals surface area contributed by atoms with Crippen molar-refractivity contribution in [2.75, 3.05) is 20.1 Å². The van der Waals surface area contributed by atoms with E-state index in [1.807, 2.05) is 24.3 Å². The molecule has 3 rings (SSSR count). The third-order valence-electron chi connectivity index (χ3n) is 5.47. The highest BCUT2D eigenvalue weighted by molar-refractivity contribution is 5.98. The van der Waals surface area contributed by atoms with E-state index in [0.717, 1.165) is 11.3 Å². The van der Waals surface area contributed by atoms with Crippen molar-refractivity contribution in [1.82, 2.24) is 14.4 Å². The van der Waals surface area contributed by atoms with Gasteiger partial charge in [-0.2, -0.15) is 0 Å². The number of aromatic nitrogens is 1. The van der Waals surface area contributed by atoms with Crippen molar-refractivity contribution in [1.29, 1.82) is 0 Å². The van der Waals surface area contributed by atoms with Gasteiger partial charge in [-0.15, -0.1) is 0 Å². The van der Waals surface area contributed by atoms with E-state index in [4.69, 9.17) is 0 Å². The van der Waals surface area contributed by atoms with E-state index in [0.29, 0.717) is 24.6 Å². The number of carbonyl (C=O) groups is 2. The molecule has 1 aromatic carbocycles.